The summed E-state index contributed by atoms with van der Waals surface area (Å²) in [6, 6.07) is 13.4. The van der Waals surface area contributed by atoms with Crippen LogP contribution in [0.1, 0.15) is 16.1 Å². The summed E-state index contributed by atoms with van der Waals surface area (Å²) in [7, 11) is 0. The lowest BCUT2D eigenvalue weighted by atomic mass is 10.1. The number of hydrogen-bond donors (Lipinski definition) is 0. The van der Waals surface area contributed by atoms with Gasteiger partial charge in [0.15, 0.2) is 22.6 Å². The number of benzene rings is 2. The maximum absolute atomic E-state index is 13.4. The zero-order valence-corrected chi connectivity index (χ0v) is 15.8. The average Bonchev–Trinajstić information content (AvgIpc) is 3.24. The normalized spacial score (nSPS) is 11.1. The summed E-state index contributed by atoms with van der Waals surface area (Å²) >= 11 is 1.06. The first kappa shape index (κ1) is 19.1. The summed E-state index contributed by atoms with van der Waals surface area (Å²) in [5.41, 5.74) is 0.308. The third kappa shape index (κ3) is 3.97. The second kappa shape index (κ2) is 8.00. The number of halogens is 2. The lowest BCUT2D eigenvalue weighted by molar-refractivity contribution is 0.102. The van der Waals surface area contributed by atoms with Crippen LogP contribution in [0.2, 0.25) is 0 Å². The molecule has 0 aliphatic carbocycles. The fraction of sp³-hybridized carbons (Fsp3) is 0.0952. The van der Waals surface area contributed by atoms with Crippen molar-refractivity contribution in [2.24, 2.45) is 0 Å². The van der Waals surface area contributed by atoms with E-state index in [1.807, 2.05) is 0 Å². The van der Waals surface area contributed by atoms with Crippen molar-refractivity contribution in [1.82, 2.24) is 9.55 Å². The summed E-state index contributed by atoms with van der Waals surface area (Å²) in [5.74, 6) is -2.02. The van der Waals surface area contributed by atoms with Gasteiger partial charge in [-0.25, -0.2) is 13.8 Å². The Hall–Kier alpha value is -3.26. The third-order valence-electron chi connectivity index (χ3n) is 4.29. The first-order valence-corrected chi connectivity index (χ1v) is 9.64. The van der Waals surface area contributed by atoms with Gasteiger partial charge in [0, 0.05) is 5.56 Å². The lowest BCUT2D eigenvalue weighted by Gasteiger charge is -2.12. The Morgan fingerprint density at radius 3 is 2.66 bits per heavy atom. The van der Waals surface area contributed by atoms with E-state index < -0.39 is 17.4 Å². The molecular weight excluding hydrogens is 398 g/mol. The molecule has 0 saturated heterocycles. The number of thioether (sulfide) groups is 1. The molecule has 29 heavy (non-hydrogen) atoms. The molecule has 5 nitrogen and oxygen atoms in total. The van der Waals surface area contributed by atoms with Gasteiger partial charge in [-0.1, -0.05) is 23.9 Å². The van der Waals surface area contributed by atoms with Crippen LogP contribution in [0.5, 0.6) is 0 Å². The maximum Gasteiger partial charge on any atom is 0.262 e. The number of rotatable bonds is 6. The van der Waals surface area contributed by atoms with E-state index in [-0.39, 0.29) is 23.4 Å². The molecule has 4 aromatic rings. The van der Waals surface area contributed by atoms with Crippen LogP contribution in [0.3, 0.4) is 0 Å². The van der Waals surface area contributed by atoms with Crippen LogP contribution in [-0.4, -0.2) is 21.1 Å². The van der Waals surface area contributed by atoms with Crippen molar-refractivity contribution in [2.75, 3.05) is 5.75 Å². The van der Waals surface area contributed by atoms with Crippen molar-refractivity contribution in [3.8, 4) is 0 Å². The Morgan fingerprint density at radius 2 is 1.90 bits per heavy atom. The minimum Gasteiger partial charge on any atom is -0.467 e. The number of carbonyl (C=O) groups excluding carboxylic acids is 1. The molecule has 0 amide bonds. The summed E-state index contributed by atoms with van der Waals surface area (Å²) in [6.07, 6.45) is 1.51. The molecule has 146 valence electrons. The van der Waals surface area contributed by atoms with Crippen molar-refractivity contribution in [3.63, 3.8) is 0 Å². The van der Waals surface area contributed by atoms with Gasteiger partial charge in [-0.3, -0.25) is 14.2 Å². The van der Waals surface area contributed by atoms with Crippen LogP contribution >= 0.6 is 11.8 Å². The van der Waals surface area contributed by atoms with Crippen LogP contribution in [0.4, 0.5) is 8.78 Å². The molecule has 8 heteroatoms. The third-order valence-corrected chi connectivity index (χ3v) is 5.27. The highest BCUT2D eigenvalue weighted by Crippen LogP contribution is 2.21. The fourth-order valence-electron chi connectivity index (χ4n) is 2.84. The number of hydrogen-bond acceptors (Lipinski definition) is 5. The Balaban J connectivity index is 1.67. The van der Waals surface area contributed by atoms with Crippen LogP contribution in [0, 0.1) is 11.6 Å². The van der Waals surface area contributed by atoms with Gasteiger partial charge in [0.2, 0.25) is 0 Å². The minimum absolute atomic E-state index is 0.0529. The second-order valence-corrected chi connectivity index (χ2v) is 7.17. The zero-order chi connectivity index (χ0) is 20.4. The van der Waals surface area contributed by atoms with Crippen molar-refractivity contribution >= 4 is 28.4 Å². The quantitative estimate of drug-likeness (QED) is 0.269. The first-order chi connectivity index (χ1) is 14.0. The smallest absolute Gasteiger partial charge is 0.262 e. The SMILES string of the molecule is O=C(CSc1nc2ccccc2c(=O)n1Cc1ccco1)c1ccc(F)c(F)c1. The molecule has 0 atom stereocenters. The fourth-order valence-corrected chi connectivity index (χ4v) is 3.73. The number of carbonyl (C=O) groups is 1. The van der Waals surface area contributed by atoms with Crippen molar-refractivity contribution in [2.45, 2.75) is 11.7 Å². The summed E-state index contributed by atoms with van der Waals surface area (Å²) < 4.78 is 33.3. The number of fused-ring (bicyclic) bond motifs is 1. The van der Waals surface area contributed by atoms with E-state index >= 15 is 0 Å². The molecular formula is C21H14F2N2O3S. The molecule has 0 radical (unpaired) electrons. The van der Waals surface area contributed by atoms with Crippen LogP contribution in [-0.2, 0) is 6.54 Å². The largest absolute Gasteiger partial charge is 0.467 e. The standard InChI is InChI=1S/C21H14F2N2O3S/c22-16-8-7-13(10-17(16)23)19(26)12-29-21-24-18-6-2-1-5-15(18)20(27)25(21)11-14-4-3-9-28-14/h1-10H,11-12H2. The molecule has 0 fully saturated rings. The molecule has 2 heterocycles. The van der Waals surface area contributed by atoms with Gasteiger partial charge in [0.25, 0.3) is 5.56 Å². The van der Waals surface area contributed by atoms with E-state index in [1.54, 1.807) is 36.4 Å². The Kier molecular flexibility index (Phi) is 5.26. The Labute approximate surface area is 168 Å². The van der Waals surface area contributed by atoms with E-state index in [1.165, 1.54) is 16.9 Å². The molecule has 0 N–H and O–H groups in total. The monoisotopic (exact) mass is 412 g/mol. The Morgan fingerprint density at radius 1 is 1.07 bits per heavy atom. The molecule has 0 aliphatic rings. The van der Waals surface area contributed by atoms with Gasteiger partial charge < -0.3 is 4.42 Å². The van der Waals surface area contributed by atoms with Gasteiger partial charge in [-0.05, 0) is 42.5 Å². The number of furan rings is 1. The predicted octanol–water partition coefficient (Wildman–Crippen LogP) is 4.29. The van der Waals surface area contributed by atoms with Gasteiger partial charge in [-0.15, -0.1) is 0 Å². The number of aromatic nitrogens is 2. The van der Waals surface area contributed by atoms with Gasteiger partial charge in [0.1, 0.15) is 5.76 Å². The topological polar surface area (TPSA) is 65.1 Å². The molecule has 0 spiro atoms. The lowest BCUT2D eigenvalue weighted by Crippen LogP contribution is -2.24. The van der Waals surface area contributed by atoms with Crippen LogP contribution in [0.25, 0.3) is 10.9 Å². The molecule has 2 aromatic heterocycles. The highest BCUT2D eigenvalue weighted by Gasteiger charge is 2.16. The predicted molar refractivity (Wildman–Crippen MR) is 105 cm³/mol. The van der Waals surface area contributed by atoms with Gasteiger partial charge >= 0.3 is 0 Å². The maximum atomic E-state index is 13.4. The number of para-hydroxylation sites is 1. The summed E-state index contributed by atoms with van der Waals surface area (Å²) in [5, 5.41) is 0.788. The zero-order valence-electron chi connectivity index (χ0n) is 15.0. The number of Topliss-reactive ketones (excluding diaryl/α,β-unsaturated/α-hetero) is 1. The number of nitrogens with zero attached hydrogens (tertiary/aromatic N) is 2. The first-order valence-electron chi connectivity index (χ1n) is 8.66. The average molecular weight is 412 g/mol. The van der Waals surface area contributed by atoms with Crippen LogP contribution in [0.15, 0.2) is 75.2 Å². The van der Waals surface area contributed by atoms with E-state index in [0.29, 0.717) is 21.8 Å². The summed E-state index contributed by atoms with van der Waals surface area (Å²) in [4.78, 5) is 29.9. The van der Waals surface area contributed by atoms with Crippen molar-refractivity contribution in [1.29, 1.82) is 0 Å². The van der Waals surface area contributed by atoms with E-state index in [9.17, 15) is 18.4 Å². The summed E-state index contributed by atoms with van der Waals surface area (Å²) in [6.45, 7) is 0.158. The molecule has 0 saturated carbocycles. The van der Waals surface area contributed by atoms with E-state index in [2.05, 4.69) is 4.98 Å². The Bertz CT molecular complexity index is 1250. The highest BCUT2D eigenvalue weighted by molar-refractivity contribution is 7.99. The molecule has 0 unspecified atom stereocenters. The van der Waals surface area contributed by atoms with Gasteiger partial charge in [0.05, 0.1) is 29.5 Å². The minimum atomic E-state index is -1.08. The van der Waals surface area contributed by atoms with E-state index in [4.69, 9.17) is 4.42 Å². The van der Waals surface area contributed by atoms with E-state index in [0.717, 1.165) is 23.9 Å². The molecule has 4 rings (SSSR count). The highest BCUT2D eigenvalue weighted by atomic mass is 32.2. The van der Waals surface area contributed by atoms with Gasteiger partial charge in [-0.2, -0.15) is 0 Å². The second-order valence-electron chi connectivity index (χ2n) is 6.22. The number of ketones is 1. The van der Waals surface area contributed by atoms with Crippen molar-refractivity contribution in [3.05, 3.63) is 94.2 Å². The van der Waals surface area contributed by atoms with Crippen molar-refractivity contribution < 1.29 is 18.0 Å². The molecule has 0 aliphatic heterocycles. The molecule has 0 bridgehead atoms. The molecule has 2 aromatic carbocycles. The van der Waals surface area contributed by atoms with Crippen LogP contribution < -0.4 is 5.56 Å².